The first-order valence-corrected chi connectivity index (χ1v) is 6.30. The van der Waals surface area contributed by atoms with Gasteiger partial charge in [-0.25, -0.2) is 0 Å². The van der Waals surface area contributed by atoms with Gasteiger partial charge in [0.15, 0.2) is 0 Å². The molecule has 1 aromatic rings. The highest BCUT2D eigenvalue weighted by atomic mass is 79.9. The summed E-state index contributed by atoms with van der Waals surface area (Å²) in [7, 11) is 0. The van der Waals surface area contributed by atoms with Gasteiger partial charge in [0.2, 0.25) is 0 Å². The van der Waals surface area contributed by atoms with E-state index in [2.05, 4.69) is 35.8 Å². The molecule has 0 unspecified atom stereocenters. The molecule has 1 aliphatic rings. The van der Waals surface area contributed by atoms with Gasteiger partial charge in [0.05, 0.1) is 5.02 Å². The van der Waals surface area contributed by atoms with Gasteiger partial charge in [-0.15, -0.1) is 0 Å². The van der Waals surface area contributed by atoms with E-state index in [-0.39, 0.29) is 0 Å². The minimum Gasteiger partial charge on any atom is -0.330 e. The van der Waals surface area contributed by atoms with Gasteiger partial charge in [-0.2, -0.15) is 0 Å². The van der Waals surface area contributed by atoms with Crippen molar-refractivity contribution in [3.8, 4) is 0 Å². The van der Waals surface area contributed by atoms with Gasteiger partial charge in [-0.3, -0.25) is 0 Å². The molecule has 0 spiro atoms. The van der Waals surface area contributed by atoms with Crippen LogP contribution in [0.1, 0.15) is 25.3 Å². The molecule has 2 rings (SSSR count). The maximum absolute atomic E-state index is 6.09. The number of benzene rings is 1. The first-order valence-electron chi connectivity index (χ1n) is 5.13. The molecule has 1 nitrogen and oxygen atoms in total. The van der Waals surface area contributed by atoms with Gasteiger partial charge in [0.25, 0.3) is 0 Å². The van der Waals surface area contributed by atoms with Crippen molar-refractivity contribution < 1.29 is 0 Å². The molecule has 82 valence electrons. The van der Waals surface area contributed by atoms with Crippen LogP contribution in [-0.4, -0.2) is 6.54 Å². The Labute approximate surface area is 104 Å². The highest BCUT2D eigenvalue weighted by Crippen LogP contribution is 2.64. The van der Waals surface area contributed by atoms with Crippen molar-refractivity contribution >= 4 is 27.5 Å². The predicted octanol–water partition coefficient (Wildman–Crippen LogP) is 3.80. The lowest BCUT2D eigenvalue weighted by molar-refractivity contribution is 0.558. The van der Waals surface area contributed by atoms with E-state index in [4.69, 9.17) is 17.3 Å². The minimum absolute atomic E-state index is 0.325. The quantitative estimate of drug-likeness (QED) is 0.880. The molecule has 1 saturated carbocycles. The van der Waals surface area contributed by atoms with Crippen LogP contribution in [0.4, 0.5) is 0 Å². The van der Waals surface area contributed by atoms with E-state index < -0.39 is 0 Å². The molecule has 1 fully saturated rings. The molecule has 0 saturated heterocycles. The molecule has 3 heteroatoms. The Hall–Kier alpha value is -0.0500. The van der Waals surface area contributed by atoms with Crippen molar-refractivity contribution in [3.63, 3.8) is 0 Å². The van der Waals surface area contributed by atoms with E-state index >= 15 is 0 Å². The third kappa shape index (κ3) is 1.83. The molecular formula is C12H15BrClN. The van der Waals surface area contributed by atoms with Crippen molar-refractivity contribution in [3.05, 3.63) is 33.3 Å². The molecule has 2 atom stereocenters. The van der Waals surface area contributed by atoms with Crippen LogP contribution in [0, 0.1) is 11.3 Å². The van der Waals surface area contributed by atoms with E-state index in [0.717, 1.165) is 16.0 Å². The number of nitrogens with two attached hydrogens (primary N) is 1. The van der Waals surface area contributed by atoms with Crippen molar-refractivity contribution in [1.82, 2.24) is 0 Å². The monoisotopic (exact) mass is 287 g/mol. The Morgan fingerprint density at radius 2 is 2.13 bits per heavy atom. The summed E-state index contributed by atoms with van der Waals surface area (Å²) >= 11 is 9.49. The van der Waals surface area contributed by atoms with Crippen molar-refractivity contribution in [1.29, 1.82) is 0 Å². The van der Waals surface area contributed by atoms with Crippen LogP contribution < -0.4 is 5.73 Å². The molecule has 2 N–H and O–H groups in total. The summed E-state index contributed by atoms with van der Waals surface area (Å²) in [5.74, 6) is 1.16. The lowest BCUT2D eigenvalue weighted by atomic mass is 10.0. The summed E-state index contributed by atoms with van der Waals surface area (Å²) < 4.78 is 0.954. The van der Waals surface area contributed by atoms with E-state index in [1.807, 2.05) is 12.1 Å². The molecule has 0 aliphatic heterocycles. The van der Waals surface area contributed by atoms with Crippen molar-refractivity contribution in [2.45, 2.75) is 19.8 Å². The molecule has 0 bridgehead atoms. The van der Waals surface area contributed by atoms with E-state index in [9.17, 15) is 0 Å². The van der Waals surface area contributed by atoms with Gasteiger partial charge < -0.3 is 5.73 Å². The third-order valence-corrected chi connectivity index (χ3v) is 4.84. The molecular weight excluding hydrogens is 273 g/mol. The van der Waals surface area contributed by atoms with E-state index in [1.54, 1.807) is 0 Å². The Kier molecular flexibility index (Phi) is 2.87. The highest BCUT2D eigenvalue weighted by molar-refractivity contribution is 9.10. The third-order valence-electron chi connectivity index (χ3n) is 3.61. The van der Waals surface area contributed by atoms with Gasteiger partial charge in [0, 0.05) is 4.47 Å². The second kappa shape index (κ2) is 3.76. The summed E-state index contributed by atoms with van der Waals surface area (Å²) in [5, 5.41) is 0.783. The number of halogens is 2. The summed E-state index contributed by atoms with van der Waals surface area (Å²) in [6.07, 6.45) is 0. The molecule has 0 radical (unpaired) electrons. The Morgan fingerprint density at radius 3 is 2.60 bits per heavy atom. The normalized spacial score (nSPS) is 27.8. The van der Waals surface area contributed by atoms with E-state index in [1.165, 1.54) is 5.56 Å². The Balaban J connectivity index is 2.29. The Bertz CT molecular complexity index is 389. The lowest BCUT2D eigenvalue weighted by Crippen LogP contribution is -2.05. The smallest absolute Gasteiger partial charge is 0.0550 e. The standard InChI is InChI=1S/C12H15BrClN/c1-12(2)8(6-15)11(12)7-3-4-9(13)10(14)5-7/h3-5,8,11H,6,15H2,1-2H3/t8-,11-/m0/s1. The largest absolute Gasteiger partial charge is 0.330 e. The summed E-state index contributed by atoms with van der Waals surface area (Å²) in [6, 6.07) is 6.20. The lowest BCUT2D eigenvalue weighted by Gasteiger charge is -2.04. The van der Waals surface area contributed by atoms with Crippen LogP contribution >= 0.6 is 27.5 Å². The van der Waals surface area contributed by atoms with Crippen LogP contribution in [0.2, 0.25) is 5.02 Å². The maximum Gasteiger partial charge on any atom is 0.0550 e. The minimum atomic E-state index is 0.325. The molecule has 1 aromatic carbocycles. The van der Waals surface area contributed by atoms with Crippen molar-refractivity contribution in [2.75, 3.05) is 6.54 Å². The topological polar surface area (TPSA) is 26.0 Å². The number of rotatable bonds is 2. The van der Waals surface area contributed by atoms with Crippen molar-refractivity contribution in [2.24, 2.45) is 17.1 Å². The maximum atomic E-state index is 6.09. The molecule has 1 aliphatic carbocycles. The van der Waals surface area contributed by atoms with Crippen LogP contribution in [0.15, 0.2) is 22.7 Å². The second-order valence-corrected chi connectivity index (χ2v) is 6.08. The van der Waals surface area contributed by atoms with Crippen LogP contribution in [0.5, 0.6) is 0 Å². The van der Waals surface area contributed by atoms with Gasteiger partial charge in [0.1, 0.15) is 0 Å². The van der Waals surface area contributed by atoms with Crippen LogP contribution in [-0.2, 0) is 0 Å². The predicted molar refractivity (Wildman–Crippen MR) is 68.2 cm³/mol. The van der Waals surface area contributed by atoms with Gasteiger partial charge in [-0.05, 0) is 57.4 Å². The second-order valence-electron chi connectivity index (χ2n) is 4.81. The zero-order valence-electron chi connectivity index (χ0n) is 8.93. The first-order chi connectivity index (χ1) is 6.98. The molecule has 0 aromatic heterocycles. The fourth-order valence-corrected chi connectivity index (χ4v) is 2.99. The number of hydrogen-bond donors (Lipinski definition) is 1. The van der Waals surface area contributed by atoms with Crippen LogP contribution in [0.3, 0.4) is 0 Å². The Morgan fingerprint density at radius 1 is 1.47 bits per heavy atom. The average Bonchev–Trinajstić information content (AvgIpc) is 2.73. The summed E-state index contributed by atoms with van der Waals surface area (Å²) in [6.45, 7) is 5.29. The van der Waals surface area contributed by atoms with Crippen LogP contribution in [0.25, 0.3) is 0 Å². The highest BCUT2D eigenvalue weighted by Gasteiger charge is 2.57. The number of hydrogen-bond acceptors (Lipinski definition) is 1. The molecule has 0 amide bonds. The van der Waals surface area contributed by atoms with Gasteiger partial charge >= 0.3 is 0 Å². The fourth-order valence-electron chi connectivity index (χ4n) is 2.55. The zero-order chi connectivity index (χ0) is 11.2. The summed E-state index contributed by atoms with van der Waals surface area (Å²) in [4.78, 5) is 0. The fraction of sp³-hybridized carbons (Fsp3) is 0.500. The van der Waals surface area contributed by atoms with E-state index in [0.29, 0.717) is 17.3 Å². The SMILES string of the molecule is CC1(C)[C@@H](CN)[C@@H]1c1ccc(Br)c(Cl)c1. The molecule has 15 heavy (non-hydrogen) atoms. The average molecular weight is 289 g/mol. The zero-order valence-corrected chi connectivity index (χ0v) is 11.3. The molecule has 0 heterocycles. The first kappa shape index (κ1) is 11.4. The summed E-state index contributed by atoms with van der Waals surface area (Å²) in [5.41, 5.74) is 7.40. The van der Waals surface area contributed by atoms with Gasteiger partial charge in [-0.1, -0.05) is 31.5 Å².